The minimum atomic E-state index is -0.399. The van der Waals surface area contributed by atoms with Gasteiger partial charge in [-0.05, 0) is 56.0 Å². The van der Waals surface area contributed by atoms with Crippen LogP contribution in [0.1, 0.15) is 52.1 Å². The lowest BCUT2D eigenvalue weighted by molar-refractivity contribution is -0.122. The van der Waals surface area contributed by atoms with Crippen molar-refractivity contribution in [3.8, 4) is 11.5 Å². The molecule has 0 saturated heterocycles. The average Bonchev–Trinajstić information content (AvgIpc) is 3.08. The number of carbonyl (C=O) groups excluding carboxylic acids is 1. The Kier molecular flexibility index (Phi) is 7.98. The van der Waals surface area contributed by atoms with E-state index in [0.29, 0.717) is 49.7 Å². The molecule has 1 atom stereocenters. The average molecular weight is 441 g/mol. The Morgan fingerprint density at radius 1 is 1.06 bits per heavy atom. The predicted octanol–water partition coefficient (Wildman–Crippen LogP) is 4.69. The summed E-state index contributed by atoms with van der Waals surface area (Å²) in [5, 5.41) is 3.14. The van der Waals surface area contributed by atoms with Crippen molar-refractivity contribution in [1.29, 1.82) is 0 Å². The van der Waals surface area contributed by atoms with E-state index in [4.69, 9.17) is 13.9 Å². The summed E-state index contributed by atoms with van der Waals surface area (Å²) in [6, 6.07) is 12.9. The standard InChI is InChI=1S/C25H32N2O5/c1-5-30-21-14-13-18(16-22(21)31-6-2)24(17(3)4)26-23(28)12-9-15-27-19-10-7-8-11-20(19)32-25(27)29/h7-8,10-11,13-14,16-17,24H,5-6,9,12,15H2,1-4H3,(H,26,28). The van der Waals surface area contributed by atoms with Gasteiger partial charge in [0.2, 0.25) is 5.91 Å². The third-order valence-corrected chi connectivity index (χ3v) is 5.27. The minimum Gasteiger partial charge on any atom is -0.490 e. The molecule has 7 nitrogen and oxygen atoms in total. The Morgan fingerprint density at radius 3 is 2.50 bits per heavy atom. The third-order valence-electron chi connectivity index (χ3n) is 5.27. The normalized spacial score (nSPS) is 12.2. The van der Waals surface area contributed by atoms with Gasteiger partial charge in [0, 0.05) is 13.0 Å². The highest BCUT2D eigenvalue weighted by atomic mass is 16.5. The molecule has 0 fully saturated rings. The van der Waals surface area contributed by atoms with Crippen molar-refractivity contribution in [1.82, 2.24) is 9.88 Å². The summed E-state index contributed by atoms with van der Waals surface area (Å²) >= 11 is 0. The smallest absolute Gasteiger partial charge is 0.419 e. The summed E-state index contributed by atoms with van der Waals surface area (Å²) in [5.41, 5.74) is 2.27. The van der Waals surface area contributed by atoms with E-state index in [1.54, 1.807) is 10.6 Å². The molecule has 0 spiro atoms. The van der Waals surface area contributed by atoms with E-state index < -0.39 is 5.76 Å². The summed E-state index contributed by atoms with van der Waals surface area (Å²) < 4.78 is 18.2. The summed E-state index contributed by atoms with van der Waals surface area (Å²) in [7, 11) is 0. The summed E-state index contributed by atoms with van der Waals surface area (Å²) in [4.78, 5) is 24.8. The van der Waals surface area contributed by atoms with Crippen LogP contribution in [0, 0.1) is 5.92 Å². The summed E-state index contributed by atoms with van der Waals surface area (Å²) in [6.45, 7) is 9.51. The topological polar surface area (TPSA) is 82.7 Å². The maximum atomic E-state index is 12.7. The number of nitrogens with zero attached hydrogens (tertiary/aromatic N) is 1. The van der Waals surface area contributed by atoms with Crippen LogP contribution in [0.5, 0.6) is 11.5 Å². The van der Waals surface area contributed by atoms with Gasteiger partial charge in [-0.1, -0.05) is 32.0 Å². The fourth-order valence-electron chi connectivity index (χ4n) is 3.77. The molecule has 172 valence electrons. The van der Waals surface area contributed by atoms with E-state index in [1.165, 1.54) is 0 Å². The number of nitrogens with one attached hydrogen (secondary N) is 1. The Bertz CT molecular complexity index is 1100. The molecule has 0 aliphatic rings. The second-order valence-electron chi connectivity index (χ2n) is 7.95. The number of hydrogen-bond acceptors (Lipinski definition) is 5. The van der Waals surface area contributed by atoms with Gasteiger partial charge in [0.1, 0.15) is 0 Å². The van der Waals surface area contributed by atoms with Gasteiger partial charge in [0.05, 0.1) is 24.8 Å². The lowest BCUT2D eigenvalue weighted by atomic mass is 9.95. The molecule has 0 bridgehead atoms. The minimum absolute atomic E-state index is 0.0589. The highest BCUT2D eigenvalue weighted by molar-refractivity contribution is 5.76. The lowest BCUT2D eigenvalue weighted by Crippen LogP contribution is -2.32. The molecule has 2 aromatic carbocycles. The second kappa shape index (κ2) is 10.9. The molecule has 3 rings (SSSR count). The molecule has 0 aliphatic heterocycles. The largest absolute Gasteiger partial charge is 0.490 e. The quantitative estimate of drug-likeness (QED) is 0.468. The molecule has 1 aromatic heterocycles. The van der Waals surface area contributed by atoms with Crippen molar-refractivity contribution < 1.29 is 18.7 Å². The first-order valence-electron chi connectivity index (χ1n) is 11.2. The van der Waals surface area contributed by atoms with Crippen LogP contribution in [0.15, 0.2) is 51.7 Å². The maximum absolute atomic E-state index is 12.7. The number of carbonyl (C=O) groups is 1. The van der Waals surface area contributed by atoms with E-state index in [-0.39, 0.29) is 17.9 Å². The number of para-hydroxylation sites is 2. The van der Waals surface area contributed by atoms with Gasteiger partial charge in [-0.15, -0.1) is 0 Å². The fourth-order valence-corrected chi connectivity index (χ4v) is 3.77. The van der Waals surface area contributed by atoms with Crippen LogP contribution in [0.4, 0.5) is 0 Å². The first-order chi connectivity index (χ1) is 15.4. The fraction of sp³-hybridized carbons (Fsp3) is 0.440. The van der Waals surface area contributed by atoms with Crippen LogP contribution >= 0.6 is 0 Å². The molecular formula is C25H32N2O5. The molecule has 1 heterocycles. The van der Waals surface area contributed by atoms with Crippen LogP contribution in [0.3, 0.4) is 0 Å². The lowest BCUT2D eigenvalue weighted by Gasteiger charge is -2.24. The highest BCUT2D eigenvalue weighted by Gasteiger charge is 2.20. The third kappa shape index (κ3) is 5.52. The number of hydrogen-bond donors (Lipinski definition) is 1. The molecule has 1 unspecified atom stereocenters. The number of amides is 1. The Morgan fingerprint density at radius 2 is 1.78 bits per heavy atom. The molecule has 32 heavy (non-hydrogen) atoms. The zero-order chi connectivity index (χ0) is 23.1. The molecule has 7 heteroatoms. The van der Waals surface area contributed by atoms with Crippen molar-refractivity contribution in [3.63, 3.8) is 0 Å². The van der Waals surface area contributed by atoms with E-state index in [2.05, 4.69) is 19.2 Å². The van der Waals surface area contributed by atoms with Gasteiger partial charge < -0.3 is 19.2 Å². The van der Waals surface area contributed by atoms with Crippen molar-refractivity contribution in [2.75, 3.05) is 13.2 Å². The number of aryl methyl sites for hydroxylation is 1. The zero-order valence-corrected chi connectivity index (χ0v) is 19.2. The Hall–Kier alpha value is -3.22. The molecule has 3 aromatic rings. The Balaban J connectivity index is 1.65. The van der Waals surface area contributed by atoms with Crippen molar-refractivity contribution >= 4 is 17.0 Å². The van der Waals surface area contributed by atoms with Gasteiger partial charge in [-0.3, -0.25) is 9.36 Å². The summed E-state index contributed by atoms with van der Waals surface area (Å²) in [6.07, 6.45) is 0.845. The predicted molar refractivity (Wildman–Crippen MR) is 124 cm³/mol. The van der Waals surface area contributed by atoms with E-state index >= 15 is 0 Å². The SMILES string of the molecule is CCOc1ccc(C(NC(=O)CCCn2c(=O)oc3ccccc32)C(C)C)cc1OCC. The van der Waals surface area contributed by atoms with Gasteiger partial charge in [0.25, 0.3) is 0 Å². The van der Waals surface area contributed by atoms with Crippen LogP contribution in [0.2, 0.25) is 0 Å². The number of aromatic nitrogens is 1. The van der Waals surface area contributed by atoms with Crippen molar-refractivity contribution in [2.45, 2.75) is 53.1 Å². The van der Waals surface area contributed by atoms with Gasteiger partial charge in [0.15, 0.2) is 17.1 Å². The number of benzene rings is 2. The van der Waals surface area contributed by atoms with E-state index in [1.807, 2.05) is 50.2 Å². The number of fused-ring (bicyclic) bond motifs is 1. The second-order valence-corrected chi connectivity index (χ2v) is 7.95. The molecule has 0 radical (unpaired) electrons. The molecule has 0 saturated carbocycles. The van der Waals surface area contributed by atoms with Crippen molar-refractivity contribution in [2.24, 2.45) is 5.92 Å². The van der Waals surface area contributed by atoms with Gasteiger partial charge in [-0.2, -0.15) is 0 Å². The first-order valence-corrected chi connectivity index (χ1v) is 11.2. The van der Waals surface area contributed by atoms with Gasteiger partial charge in [-0.25, -0.2) is 4.79 Å². The molecular weight excluding hydrogens is 408 g/mol. The first kappa shape index (κ1) is 23.4. The number of rotatable bonds is 11. The molecule has 1 N–H and O–H groups in total. The van der Waals surface area contributed by atoms with Crippen LogP contribution in [0.25, 0.3) is 11.1 Å². The summed E-state index contributed by atoms with van der Waals surface area (Å²) in [5.74, 6) is 1.11. The van der Waals surface area contributed by atoms with Crippen LogP contribution in [-0.4, -0.2) is 23.7 Å². The number of oxazole rings is 1. The van der Waals surface area contributed by atoms with E-state index in [9.17, 15) is 9.59 Å². The maximum Gasteiger partial charge on any atom is 0.419 e. The van der Waals surface area contributed by atoms with Crippen LogP contribution < -0.4 is 20.5 Å². The monoisotopic (exact) mass is 440 g/mol. The van der Waals surface area contributed by atoms with Gasteiger partial charge >= 0.3 is 5.76 Å². The Labute approximate surface area is 188 Å². The van der Waals surface area contributed by atoms with Crippen LogP contribution in [-0.2, 0) is 11.3 Å². The zero-order valence-electron chi connectivity index (χ0n) is 19.2. The molecule has 0 aliphatic carbocycles. The highest BCUT2D eigenvalue weighted by Crippen LogP contribution is 2.33. The van der Waals surface area contributed by atoms with E-state index in [0.717, 1.165) is 11.1 Å². The van der Waals surface area contributed by atoms with Crippen molar-refractivity contribution in [3.05, 3.63) is 58.6 Å². The molecule has 1 amide bonds. The number of ether oxygens (including phenoxy) is 2.